The van der Waals surface area contributed by atoms with Gasteiger partial charge < -0.3 is 5.32 Å². The zero-order valence-electron chi connectivity index (χ0n) is 9.87. The number of rotatable bonds is 3. The van der Waals surface area contributed by atoms with E-state index in [0.29, 0.717) is 6.54 Å². The third-order valence-corrected chi connectivity index (χ3v) is 3.02. The summed E-state index contributed by atoms with van der Waals surface area (Å²) in [5.74, 6) is 0. The maximum absolute atomic E-state index is 4.24. The smallest absolute Gasteiger partial charge is 0.0777 e. The highest BCUT2D eigenvalue weighted by atomic mass is 79.9. The highest BCUT2D eigenvalue weighted by Gasteiger charge is 2.04. The first kappa shape index (κ1) is 12.0. The van der Waals surface area contributed by atoms with Crippen molar-refractivity contribution in [2.24, 2.45) is 0 Å². The Morgan fingerprint density at radius 1 is 1.18 bits per heavy atom. The summed E-state index contributed by atoms with van der Waals surface area (Å²) in [6.45, 7) is 4.88. The second kappa shape index (κ2) is 5.27. The Hall–Kier alpha value is -1.42. The van der Waals surface area contributed by atoms with Gasteiger partial charge in [-0.25, -0.2) is 0 Å². The SMILES string of the molecule is Cc1cc(Br)cc(C)c1NCc1cnccn1. The Morgan fingerprint density at radius 3 is 2.47 bits per heavy atom. The van der Waals surface area contributed by atoms with Gasteiger partial charge in [0, 0.05) is 22.6 Å². The summed E-state index contributed by atoms with van der Waals surface area (Å²) in [6, 6.07) is 4.21. The van der Waals surface area contributed by atoms with Crippen molar-refractivity contribution in [1.29, 1.82) is 0 Å². The molecule has 0 unspecified atom stereocenters. The molecule has 2 rings (SSSR count). The van der Waals surface area contributed by atoms with Gasteiger partial charge in [0.2, 0.25) is 0 Å². The maximum atomic E-state index is 4.24. The minimum absolute atomic E-state index is 0.692. The zero-order chi connectivity index (χ0) is 12.3. The van der Waals surface area contributed by atoms with Gasteiger partial charge in [-0.15, -0.1) is 0 Å². The van der Waals surface area contributed by atoms with Crippen LogP contribution in [0.2, 0.25) is 0 Å². The van der Waals surface area contributed by atoms with Crippen LogP contribution in [0.1, 0.15) is 16.8 Å². The molecule has 0 aliphatic carbocycles. The van der Waals surface area contributed by atoms with E-state index in [4.69, 9.17) is 0 Å². The van der Waals surface area contributed by atoms with Crippen LogP contribution in [0, 0.1) is 13.8 Å². The van der Waals surface area contributed by atoms with E-state index in [9.17, 15) is 0 Å². The third-order valence-electron chi connectivity index (χ3n) is 2.56. The van der Waals surface area contributed by atoms with E-state index < -0.39 is 0 Å². The Labute approximate surface area is 109 Å². The van der Waals surface area contributed by atoms with Gasteiger partial charge in [-0.2, -0.15) is 0 Å². The lowest BCUT2D eigenvalue weighted by molar-refractivity contribution is 1.00. The first-order valence-electron chi connectivity index (χ1n) is 5.42. The molecule has 0 saturated heterocycles. The van der Waals surface area contributed by atoms with Gasteiger partial charge in [0.1, 0.15) is 0 Å². The van der Waals surface area contributed by atoms with Crippen LogP contribution in [0.15, 0.2) is 35.2 Å². The molecule has 3 nitrogen and oxygen atoms in total. The fraction of sp³-hybridized carbons (Fsp3) is 0.231. The summed E-state index contributed by atoms with van der Waals surface area (Å²) in [7, 11) is 0. The number of anilines is 1. The molecule has 0 bridgehead atoms. The van der Waals surface area contributed by atoms with Crippen molar-refractivity contribution in [1.82, 2.24) is 9.97 Å². The summed E-state index contributed by atoms with van der Waals surface area (Å²) in [6.07, 6.45) is 5.16. The van der Waals surface area contributed by atoms with Crippen LogP contribution in [0.4, 0.5) is 5.69 Å². The first-order chi connectivity index (χ1) is 8.16. The number of hydrogen-bond donors (Lipinski definition) is 1. The molecule has 17 heavy (non-hydrogen) atoms. The van der Waals surface area contributed by atoms with Crippen molar-refractivity contribution >= 4 is 21.6 Å². The molecular weight excluding hydrogens is 278 g/mol. The molecular formula is C13H14BrN3. The van der Waals surface area contributed by atoms with Crippen LogP contribution in [-0.2, 0) is 6.54 Å². The van der Waals surface area contributed by atoms with Gasteiger partial charge in [0.05, 0.1) is 18.4 Å². The van der Waals surface area contributed by atoms with E-state index in [2.05, 4.69) is 57.2 Å². The fourth-order valence-corrected chi connectivity index (χ4v) is 2.48. The van der Waals surface area contributed by atoms with Crippen molar-refractivity contribution in [3.8, 4) is 0 Å². The normalized spacial score (nSPS) is 10.3. The van der Waals surface area contributed by atoms with E-state index in [1.54, 1.807) is 18.6 Å². The molecule has 1 heterocycles. The number of nitrogens with one attached hydrogen (secondary N) is 1. The van der Waals surface area contributed by atoms with Gasteiger partial charge >= 0.3 is 0 Å². The topological polar surface area (TPSA) is 37.8 Å². The average Bonchev–Trinajstić information content (AvgIpc) is 2.29. The van der Waals surface area contributed by atoms with Crippen LogP contribution < -0.4 is 5.32 Å². The Balaban J connectivity index is 2.15. The van der Waals surface area contributed by atoms with Gasteiger partial charge in [-0.3, -0.25) is 9.97 Å². The number of hydrogen-bond acceptors (Lipinski definition) is 3. The number of benzene rings is 1. The number of halogens is 1. The third kappa shape index (κ3) is 3.03. The standard InChI is InChI=1S/C13H14BrN3/c1-9-5-11(14)6-10(2)13(9)17-8-12-7-15-3-4-16-12/h3-7,17H,8H2,1-2H3. The summed E-state index contributed by atoms with van der Waals surface area (Å²) in [5, 5.41) is 3.40. The Morgan fingerprint density at radius 2 is 1.88 bits per heavy atom. The van der Waals surface area contributed by atoms with Crippen LogP contribution in [0.5, 0.6) is 0 Å². The average molecular weight is 292 g/mol. The number of nitrogens with zero attached hydrogens (tertiary/aromatic N) is 2. The lowest BCUT2D eigenvalue weighted by Crippen LogP contribution is -2.04. The van der Waals surface area contributed by atoms with E-state index >= 15 is 0 Å². The Bertz CT molecular complexity index is 488. The first-order valence-corrected chi connectivity index (χ1v) is 6.21. The largest absolute Gasteiger partial charge is 0.379 e. The van der Waals surface area contributed by atoms with Crippen molar-refractivity contribution in [2.75, 3.05) is 5.32 Å². The molecule has 0 aliphatic rings. The molecule has 2 aromatic rings. The molecule has 1 aromatic heterocycles. The highest BCUT2D eigenvalue weighted by Crippen LogP contribution is 2.25. The van der Waals surface area contributed by atoms with E-state index in [1.807, 2.05) is 0 Å². The number of aryl methyl sites for hydroxylation is 2. The van der Waals surface area contributed by atoms with Crippen LogP contribution in [0.25, 0.3) is 0 Å². The lowest BCUT2D eigenvalue weighted by atomic mass is 10.1. The molecule has 1 aromatic carbocycles. The van der Waals surface area contributed by atoms with Crippen LogP contribution >= 0.6 is 15.9 Å². The van der Waals surface area contributed by atoms with Gasteiger partial charge in [0.15, 0.2) is 0 Å². The van der Waals surface area contributed by atoms with Gasteiger partial charge in [0.25, 0.3) is 0 Å². The summed E-state index contributed by atoms with van der Waals surface area (Å²) in [4.78, 5) is 8.28. The summed E-state index contributed by atoms with van der Waals surface area (Å²) >= 11 is 3.49. The lowest BCUT2D eigenvalue weighted by Gasteiger charge is -2.12. The molecule has 0 amide bonds. The molecule has 0 aliphatic heterocycles. The quantitative estimate of drug-likeness (QED) is 0.941. The molecule has 0 atom stereocenters. The van der Waals surface area contributed by atoms with Gasteiger partial charge in [-0.1, -0.05) is 15.9 Å². The second-order valence-corrected chi connectivity index (χ2v) is 4.88. The van der Waals surface area contributed by atoms with Crippen molar-refractivity contribution in [2.45, 2.75) is 20.4 Å². The molecule has 0 radical (unpaired) electrons. The molecule has 0 spiro atoms. The van der Waals surface area contributed by atoms with E-state index in [-0.39, 0.29) is 0 Å². The van der Waals surface area contributed by atoms with Crippen molar-refractivity contribution in [3.05, 3.63) is 52.0 Å². The summed E-state index contributed by atoms with van der Waals surface area (Å²) in [5.41, 5.74) is 4.55. The maximum Gasteiger partial charge on any atom is 0.0777 e. The summed E-state index contributed by atoms with van der Waals surface area (Å²) < 4.78 is 1.11. The Kier molecular flexibility index (Phi) is 3.74. The zero-order valence-corrected chi connectivity index (χ0v) is 11.5. The van der Waals surface area contributed by atoms with Crippen molar-refractivity contribution < 1.29 is 0 Å². The molecule has 0 saturated carbocycles. The number of aromatic nitrogens is 2. The minimum atomic E-state index is 0.692. The van der Waals surface area contributed by atoms with Crippen LogP contribution in [-0.4, -0.2) is 9.97 Å². The fourth-order valence-electron chi connectivity index (χ4n) is 1.79. The molecule has 1 N–H and O–H groups in total. The predicted molar refractivity (Wildman–Crippen MR) is 73.0 cm³/mol. The van der Waals surface area contributed by atoms with E-state index in [1.165, 1.54) is 16.8 Å². The van der Waals surface area contributed by atoms with Crippen LogP contribution in [0.3, 0.4) is 0 Å². The second-order valence-electron chi connectivity index (χ2n) is 3.96. The molecule has 88 valence electrons. The molecule has 4 heteroatoms. The van der Waals surface area contributed by atoms with Crippen molar-refractivity contribution in [3.63, 3.8) is 0 Å². The monoisotopic (exact) mass is 291 g/mol. The molecule has 0 fully saturated rings. The minimum Gasteiger partial charge on any atom is -0.379 e. The predicted octanol–water partition coefficient (Wildman–Crippen LogP) is 3.47. The highest BCUT2D eigenvalue weighted by molar-refractivity contribution is 9.10. The van der Waals surface area contributed by atoms with Gasteiger partial charge in [-0.05, 0) is 37.1 Å². The van der Waals surface area contributed by atoms with E-state index in [0.717, 1.165) is 10.2 Å².